The summed E-state index contributed by atoms with van der Waals surface area (Å²) in [6, 6.07) is 10.0. The van der Waals surface area contributed by atoms with Gasteiger partial charge in [0.1, 0.15) is 11.3 Å². The zero-order valence-electron chi connectivity index (χ0n) is 14.3. The van der Waals surface area contributed by atoms with Gasteiger partial charge in [0.25, 0.3) is 5.56 Å². The van der Waals surface area contributed by atoms with Crippen LogP contribution in [-0.4, -0.2) is 29.3 Å². The molecule has 0 atom stereocenters. The predicted molar refractivity (Wildman–Crippen MR) is 98.0 cm³/mol. The minimum absolute atomic E-state index is 0.295. The van der Waals surface area contributed by atoms with Crippen LogP contribution in [0, 0.1) is 0 Å². The van der Waals surface area contributed by atoms with E-state index in [-0.39, 0.29) is 0 Å². The standard InChI is InChI=1S/C18H18N6O2/c1-2-8-24-16-14(17(25)22-18(24)26)20-15(21-16)13-9-19-23(11-13)10-12-6-4-3-5-7-12/h3-7,9,11H,2,8,10H2,1H3,(H,20,21)(H,22,25,26). The van der Waals surface area contributed by atoms with E-state index in [0.29, 0.717) is 30.1 Å². The van der Waals surface area contributed by atoms with Crippen LogP contribution in [0.3, 0.4) is 0 Å². The maximum absolute atomic E-state index is 12.1. The number of H-pyrrole nitrogens is 2. The highest BCUT2D eigenvalue weighted by Crippen LogP contribution is 2.18. The first-order valence-corrected chi connectivity index (χ1v) is 8.45. The smallest absolute Gasteiger partial charge is 0.330 e. The molecule has 0 radical (unpaired) electrons. The number of benzene rings is 1. The van der Waals surface area contributed by atoms with E-state index < -0.39 is 11.2 Å². The molecular weight excluding hydrogens is 332 g/mol. The molecule has 0 unspecified atom stereocenters. The number of nitrogens with zero attached hydrogens (tertiary/aromatic N) is 4. The summed E-state index contributed by atoms with van der Waals surface area (Å²) in [6.45, 7) is 3.09. The lowest BCUT2D eigenvalue weighted by Crippen LogP contribution is -2.30. The van der Waals surface area contributed by atoms with Gasteiger partial charge >= 0.3 is 5.69 Å². The Labute approximate surface area is 148 Å². The molecule has 8 nitrogen and oxygen atoms in total. The molecule has 3 heterocycles. The summed E-state index contributed by atoms with van der Waals surface area (Å²) >= 11 is 0. The monoisotopic (exact) mass is 350 g/mol. The second-order valence-electron chi connectivity index (χ2n) is 6.11. The molecule has 0 amide bonds. The van der Waals surface area contributed by atoms with Crippen LogP contribution in [0.15, 0.2) is 52.3 Å². The highest BCUT2D eigenvalue weighted by atomic mass is 16.2. The minimum atomic E-state index is -0.465. The first-order valence-electron chi connectivity index (χ1n) is 8.45. The molecule has 1 aromatic carbocycles. The molecule has 132 valence electrons. The van der Waals surface area contributed by atoms with Crippen LogP contribution >= 0.6 is 0 Å². The number of aromatic amines is 2. The molecule has 0 saturated carbocycles. The van der Waals surface area contributed by atoms with Crippen molar-refractivity contribution in [1.29, 1.82) is 0 Å². The molecule has 0 saturated heterocycles. The van der Waals surface area contributed by atoms with Crippen LogP contribution in [0.5, 0.6) is 0 Å². The number of imidazole rings is 1. The lowest BCUT2D eigenvalue weighted by Gasteiger charge is -2.02. The number of nitrogens with one attached hydrogen (secondary N) is 2. The number of aryl methyl sites for hydroxylation is 1. The van der Waals surface area contributed by atoms with Gasteiger partial charge < -0.3 is 4.98 Å². The Morgan fingerprint density at radius 1 is 1.12 bits per heavy atom. The van der Waals surface area contributed by atoms with E-state index in [2.05, 4.69) is 20.1 Å². The van der Waals surface area contributed by atoms with Crippen molar-refractivity contribution in [1.82, 2.24) is 29.3 Å². The molecule has 0 aliphatic carbocycles. The van der Waals surface area contributed by atoms with Crippen molar-refractivity contribution in [3.63, 3.8) is 0 Å². The quantitative estimate of drug-likeness (QED) is 0.572. The summed E-state index contributed by atoms with van der Waals surface area (Å²) in [7, 11) is 0. The molecule has 2 N–H and O–H groups in total. The van der Waals surface area contributed by atoms with Crippen molar-refractivity contribution in [2.45, 2.75) is 26.4 Å². The Morgan fingerprint density at radius 2 is 1.92 bits per heavy atom. The van der Waals surface area contributed by atoms with E-state index in [9.17, 15) is 9.59 Å². The fourth-order valence-corrected chi connectivity index (χ4v) is 2.95. The number of rotatable bonds is 5. The maximum atomic E-state index is 12.1. The average Bonchev–Trinajstić information content (AvgIpc) is 3.27. The average molecular weight is 350 g/mol. The molecule has 0 spiro atoms. The number of hydrogen-bond acceptors (Lipinski definition) is 4. The zero-order valence-corrected chi connectivity index (χ0v) is 14.3. The summed E-state index contributed by atoms with van der Waals surface area (Å²) in [5, 5.41) is 4.36. The summed E-state index contributed by atoms with van der Waals surface area (Å²) in [5.41, 5.74) is 1.65. The van der Waals surface area contributed by atoms with Crippen LogP contribution in [0.4, 0.5) is 0 Å². The van der Waals surface area contributed by atoms with E-state index in [1.165, 1.54) is 4.57 Å². The summed E-state index contributed by atoms with van der Waals surface area (Å²) < 4.78 is 3.28. The summed E-state index contributed by atoms with van der Waals surface area (Å²) in [6.07, 6.45) is 4.32. The number of hydrogen-bond donors (Lipinski definition) is 2. The maximum Gasteiger partial charge on any atom is 0.330 e. The Balaban J connectivity index is 1.74. The normalized spacial score (nSPS) is 11.3. The van der Waals surface area contributed by atoms with Crippen molar-refractivity contribution in [3.8, 4) is 11.4 Å². The molecule has 0 bridgehead atoms. The second kappa shape index (κ2) is 6.47. The molecule has 3 aromatic heterocycles. The van der Waals surface area contributed by atoms with Crippen molar-refractivity contribution in [2.75, 3.05) is 0 Å². The minimum Gasteiger partial charge on any atom is -0.332 e. The van der Waals surface area contributed by atoms with Crippen LogP contribution in [0.1, 0.15) is 18.9 Å². The molecule has 26 heavy (non-hydrogen) atoms. The van der Waals surface area contributed by atoms with Crippen LogP contribution in [0.25, 0.3) is 22.6 Å². The SMILES string of the molecule is CCCn1c(=O)[nH]c(=O)c2[nH]c(-c3cnn(Cc4ccccc4)c3)nc21. The Bertz CT molecular complexity index is 1170. The van der Waals surface area contributed by atoms with E-state index in [4.69, 9.17) is 0 Å². The number of aromatic nitrogens is 6. The fraction of sp³-hybridized carbons (Fsp3) is 0.222. The third-order valence-electron chi connectivity index (χ3n) is 4.17. The van der Waals surface area contributed by atoms with Crippen molar-refractivity contribution in [3.05, 3.63) is 69.1 Å². The van der Waals surface area contributed by atoms with E-state index >= 15 is 0 Å². The third kappa shape index (κ3) is 2.85. The number of fused-ring (bicyclic) bond motifs is 1. The van der Waals surface area contributed by atoms with Crippen molar-refractivity contribution < 1.29 is 0 Å². The first kappa shape index (κ1) is 16.1. The lowest BCUT2D eigenvalue weighted by molar-refractivity contribution is 0.653. The van der Waals surface area contributed by atoms with Gasteiger partial charge in [-0.05, 0) is 12.0 Å². The summed E-state index contributed by atoms with van der Waals surface area (Å²) in [5.74, 6) is 0.514. The topological polar surface area (TPSA) is 101 Å². The summed E-state index contributed by atoms with van der Waals surface area (Å²) in [4.78, 5) is 33.9. The van der Waals surface area contributed by atoms with E-state index in [0.717, 1.165) is 17.5 Å². The molecule has 8 heteroatoms. The van der Waals surface area contributed by atoms with E-state index in [1.54, 1.807) is 10.9 Å². The van der Waals surface area contributed by atoms with Gasteiger partial charge in [-0.25, -0.2) is 9.78 Å². The van der Waals surface area contributed by atoms with Crippen LogP contribution in [0.2, 0.25) is 0 Å². The van der Waals surface area contributed by atoms with Gasteiger partial charge in [-0.2, -0.15) is 5.10 Å². The van der Waals surface area contributed by atoms with Gasteiger partial charge in [0, 0.05) is 12.7 Å². The molecule has 4 rings (SSSR count). The van der Waals surface area contributed by atoms with Gasteiger partial charge in [-0.15, -0.1) is 0 Å². The van der Waals surface area contributed by atoms with Gasteiger partial charge in [0.05, 0.1) is 18.3 Å². The second-order valence-corrected chi connectivity index (χ2v) is 6.11. The molecule has 0 aliphatic heterocycles. The molecule has 0 fully saturated rings. The van der Waals surface area contributed by atoms with Crippen LogP contribution < -0.4 is 11.2 Å². The highest BCUT2D eigenvalue weighted by Gasteiger charge is 2.14. The van der Waals surface area contributed by atoms with E-state index in [1.807, 2.05) is 43.5 Å². The fourth-order valence-electron chi connectivity index (χ4n) is 2.95. The van der Waals surface area contributed by atoms with Gasteiger partial charge in [-0.3, -0.25) is 19.0 Å². The highest BCUT2D eigenvalue weighted by molar-refractivity contribution is 5.75. The Morgan fingerprint density at radius 3 is 2.69 bits per heavy atom. The van der Waals surface area contributed by atoms with Gasteiger partial charge in [0.15, 0.2) is 5.65 Å². The molecule has 4 aromatic rings. The van der Waals surface area contributed by atoms with Crippen molar-refractivity contribution >= 4 is 11.2 Å². The molecule has 0 aliphatic rings. The Hall–Kier alpha value is -3.42. The van der Waals surface area contributed by atoms with Crippen molar-refractivity contribution in [2.24, 2.45) is 0 Å². The zero-order chi connectivity index (χ0) is 18.1. The van der Waals surface area contributed by atoms with Gasteiger partial charge in [0.2, 0.25) is 0 Å². The van der Waals surface area contributed by atoms with Gasteiger partial charge in [-0.1, -0.05) is 37.3 Å². The van der Waals surface area contributed by atoms with Crippen LogP contribution in [-0.2, 0) is 13.1 Å². The molecular formula is C18H18N6O2. The lowest BCUT2D eigenvalue weighted by atomic mass is 10.2. The first-order chi connectivity index (χ1) is 12.7. The third-order valence-corrected chi connectivity index (χ3v) is 4.17. The largest absolute Gasteiger partial charge is 0.332 e. The Kier molecular flexibility index (Phi) is 4.00. The predicted octanol–water partition coefficient (Wildman–Crippen LogP) is 1.73.